The molecule has 0 aromatic carbocycles. The molecule has 0 aliphatic carbocycles. The molecule has 2 atom stereocenters. The number of carboxylic acid groups (broad SMARTS) is 1. The van der Waals surface area contributed by atoms with Crippen molar-refractivity contribution in [3.8, 4) is 0 Å². The number of carbonyl (C=O) groups excluding carboxylic acids is 2. The summed E-state index contributed by atoms with van der Waals surface area (Å²) in [5, 5.41) is 9.68. The molecule has 380 valence electrons. The van der Waals surface area contributed by atoms with Crippen LogP contribution in [0, 0.1) is 0 Å². The largest absolute Gasteiger partial charge is 0.477 e. The molecule has 2 unspecified atom stereocenters. The lowest BCUT2D eigenvalue weighted by molar-refractivity contribution is -0.870. The molecule has 0 bridgehead atoms. The average Bonchev–Trinajstić information content (AvgIpc) is 3.29. The van der Waals surface area contributed by atoms with E-state index >= 15 is 0 Å². The Kier molecular flexibility index (Phi) is 45.5. The zero-order valence-corrected chi connectivity index (χ0v) is 43.0. The lowest BCUT2D eigenvalue weighted by Crippen LogP contribution is -2.40. The van der Waals surface area contributed by atoms with Crippen molar-refractivity contribution in [2.75, 3.05) is 47.5 Å². The second-order valence-electron chi connectivity index (χ2n) is 18.1. The van der Waals surface area contributed by atoms with E-state index in [1.807, 2.05) is 21.1 Å². The first kappa shape index (κ1) is 63.0. The summed E-state index contributed by atoms with van der Waals surface area (Å²) in [6, 6.07) is 0. The van der Waals surface area contributed by atoms with Crippen molar-refractivity contribution >= 4 is 17.9 Å². The van der Waals surface area contributed by atoms with Gasteiger partial charge >= 0.3 is 17.9 Å². The van der Waals surface area contributed by atoms with Gasteiger partial charge in [-0.05, 0) is 96.3 Å². The highest BCUT2D eigenvalue weighted by molar-refractivity contribution is 5.71. The highest BCUT2D eigenvalue weighted by Crippen LogP contribution is 2.13. The number of rotatable bonds is 46. The summed E-state index contributed by atoms with van der Waals surface area (Å²) in [6.45, 7) is 4.59. The van der Waals surface area contributed by atoms with E-state index in [0.29, 0.717) is 17.4 Å². The fourth-order valence-electron chi connectivity index (χ4n) is 6.56. The van der Waals surface area contributed by atoms with Gasteiger partial charge in [-0.15, -0.1) is 0 Å². The second kappa shape index (κ2) is 48.4. The number of hydrogen-bond acceptors (Lipinski definition) is 7. The molecule has 0 aliphatic rings. The molecule has 9 heteroatoms. The predicted octanol–water partition coefficient (Wildman–Crippen LogP) is 14.8. The van der Waals surface area contributed by atoms with Crippen LogP contribution in [0.3, 0.4) is 0 Å². The van der Waals surface area contributed by atoms with Gasteiger partial charge in [-0.1, -0.05) is 181 Å². The summed E-state index contributed by atoms with van der Waals surface area (Å²) in [7, 11) is 5.94. The summed E-state index contributed by atoms with van der Waals surface area (Å²) in [5.41, 5.74) is 0. The minimum Gasteiger partial charge on any atom is -0.477 e. The topological polar surface area (TPSA) is 108 Å². The fraction of sp³-hybridized carbons (Fsp3) is 0.638. The van der Waals surface area contributed by atoms with Gasteiger partial charge in [-0.25, -0.2) is 4.79 Å². The highest BCUT2D eigenvalue weighted by atomic mass is 16.7. The Morgan fingerprint density at radius 2 is 0.806 bits per heavy atom. The number of aliphatic carboxylic acids is 1. The molecule has 0 aromatic heterocycles. The van der Waals surface area contributed by atoms with E-state index < -0.39 is 24.3 Å². The second-order valence-corrected chi connectivity index (χ2v) is 18.1. The van der Waals surface area contributed by atoms with Gasteiger partial charge in [0.25, 0.3) is 6.29 Å². The quantitative estimate of drug-likeness (QED) is 0.0211. The Bertz CT molecular complexity index is 1460. The molecule has 0 amide bonds. The Labute approximate surface area is 409 Å². The number of allylic oxidation sites excluding steroid dienone is 18. The van der Waals surface area contributed by atoms with Crippen molar-refractivity contribution < 1.29 is 42.9 Å². The zero-order chi connectivity index (χ0) is 49.2. The van der Waals surface area contributed by atoms with Gasteiger partial charge in [0, 0.05) is 12.8 Å². The molecule has 0 spiro atoms. The number of carbonyl (C=O) groups is 3. The van der Waals surface area contributed by atoms with Crippen molar-refractivity contribution in [1.82, 2.24) is 0 Å². The van der Waals surface area contributed by atoms with Gasteiger partial charge in [0.2, 0.25) is 0 Å². The van der Waals surface area contributed by atoms with Crippen LogP contribution in [0.2, 0.25) is 0 Å². The molecule has 67 heavy (non-hydrogen) atoms. The fourth-order valence-corrected chi connectivity index (χ4v) is 6.56. The van der Waals surface area contributed by atoms with Crippen molar-refractivity contribution in [1.29, 1.82) is 0 Å². The summed E-state index contributed by atoms with van der Waals surface area (Å²) < 4.78 is 22.8. The number of unbranched alkanes of at least 4 members (excludes halogenated alkanes) is 13. The molecule has 0 fully saturated rings. The van der Waals surface area contributed by atoms with Crippen molar-refractivity contribution in [2.24, 2.45) is 0 Å². The van der Waals surface area contributed by atoms with E-state index in [0.717, 1.165) is 122 Å². The third-order valence-electron chi connectivity index (χ3n) is 10.5. The standard InChI is InChI=1S/C58H95NO8/c1-6-8-10-12-14-16-18-20-22-24-26-28-30-32-34-36-38-40-42-44-46-48-55(60)65-52-54(53-66-58(57(62)63)64-51-50-59(3,4)5)67-56(61)49-47-45-43-41-39-37-35-33-31-29-27-25-23-21-19-17-15-13-11-9-7-2/h8-11,14-17,20-23,26-29,33,35,54,58H,6-7,12-13,18-19,24-25,30-32,34,36-53H2,1-5H3/p+1/b10-8-,11-9-,16-14-,17-15-,22-20-,23-21-,28-26-,29-27-,35-33-. The number of quaternary nitrogens is 1. The number of likely N-dealkylation sites (N-methyl/N-ethyl adjacent to an activating group) is 1. The first-order valence-corrected chi connectivity index (χ1v) is 26.1. The smallest absolute Gasteiger partial charge is 0.361 e. The molecule has 0 heterocycles. The number of nitrogens with zero attached hydrogens (tertiary/aromatic N) is 1. The molecule has 0 aliphatic heterocycles. The van der Waals surface area contributed by atoms with Crippen LogP contribution in [-0.2, 0) is 33.3 Å². The predicted molar refractivity (Wildman–Crippen MR) is 281 cm³/mol. The van der Waals surface area contributed by atoms with Crippen LogP contribution < -0.4 is 0 Å². The van der Waals surface area contributed by atoms with E-state index in [-0.39, 0.29) is 38.6 Å². The monoisotopic (exact) mass is 935 g/mol. The lowest BCUT2D eigenvalue weighted by Gasteiger charge is -2.25. The average molecular weight is 935 g/mol. The summed E-state index contributed by atoms with van der Waals surface area (Å²) >= 11 is 0. The maximum absolute atomic E-state index is 12.8. The van der Waals surface area contributed by atoms with E-state index in [1.165, 1.54) is 25.7 Å². The van der Waals surface area contributed by atoms with Crippen LogP contribution in [0.5, 0.6) is 0 Å². The van der Waals surface area contributed by atoms with E-state index in [1.54, 1.807) is 0 Å². The lowest BCUT2D eigenvalue weighted by atomic mass is 10.1. The van der Waals surface area contributed by atoms with Crippen LogP contribution in [0.15, 0.2) is 109 Å². The Morgan fingerprint density at radius 1 is 0.448 bits per heavy atom. The van der Waals surface area contributed by atoms with Crippen LogP contribution >= 0.6 is 0 Å². The Balaban J connectivity index is 4.41. The molecule has 0 saturated carbocycles. The SMILES string of the molecule is CC/C=C\C/C=C\C/C=C\C/C=C\C/C=C\CCCCCCCC(=O)OC(COC(=O)CCCCCCCCCC/C=C\C/C=C\C/C=C\C/C=C\CC)COC(OCC[N+](C)(C)C)C(=O)O. The molecule has 9 nitrogen and oxygen atoms in total. The van der Waals surface area contributed by atoms with Gasteiger partial charge in [-0.2, -0.15) is 0 Å². The maximum Gasteiger partial charge on any atom is 0.361 e. The molecule has 0 radical (unpaired) electrons. The number of esters is 2. The zero-order valence-electron chi connectivity index (χ0n) is 43.0. The summed E-state index contributed by atoms with van der Waals surface area (Å²) in [6.07, 6.45) is 62.9. The van der Waals surface area contributed by atoms with Crippen molar-refractivity contribution in [3.63, 3.8) is 0 Å². The minimum atomic E-state index is -1.52. The van der Waals surface area contributed by atoms with Crippen molar-refractivity contribution in [3.05, 3.63) is 109 Å². The van der Waals surface area contributed by atoms with E-state index in [9.17, 15) is 19.5 Å². The maximum atomic E-state index is 12.8. The minimum absolute atomic E-state index is 0.176. The molecule has 0 saturated heterocycles. The number of carboxylic acids is 1. The molecule has 0 aromatic rings. The van der Waals surface area contributed by atoms with Crippen LogP contribution in [0.1, 0.15) is 181 Å². The van der Waals surface area contributed by atoms with Crippen molar-refractivity contribution in [2.45, 2.75) is 193 Å². The van der Waals surface area contributed by atoms with Crippen LogP contribution in [-0.4, -0.2) is 87.4 Å². The molecular formula is C58H96NO8+. The van der Waals surface area contributed by atoms with Gasteiger partial charge in [0.05, 0.1) is 34.4 Å². The van der Waals surface area contributed by atoms with Gasteiger partial charge in [0.15, 0.2) is 6.10 Å². The van der Waals surface area contributed by atoms with Crippen LogP contribution in [0.25, 0.3) is 0 Å². The third-order valence-corrected chi connectivity index (χ3v) is 10.5. The first-order chi connectivity index (χ1) is 32.6. The molecule has 0 rings (SSSR count). The molecule has 1 N–H and O–H groups in total. The molecular weight excluding hydrogens is 839 g/mol. The highest BCUT2D eigenvalue weighted by Gasteiger charge is 2.25. The van der Waals surface area contributed by atoms with E-state index in [2.05, 4.69) is 123 Å². The summed E-state index contributed by atoms with van der Waals surface area (Å²) in [5.74, 6) is -2.06. The van der Waals surface area contributed by atoms with Crippen LogP contribution in [0.4, 0.5) is 0 Å². The Morgan fingerprint density at radius 3 is 1.19 bits per heavy atom. The summed E-state index contributed by atoms with van der Waals surface area (Å²) in [4.78, 5) is 37.3. The van der Waals surface area contributed by atoms with E-state index in [4.69, 9.17) is 18.9 Å². The number of ether oxygens (including phenoxy) is 4. The van der Waals surface area contributed by atoms with Gasteiger partial charge in [-0.3, -0.25) is 9.59 Å². The first-order valence-electron chi connectivity index (χ1n) is 26.1. The van der Waals surface area contributed by atoms with Gasteiger partial charge < -0.3 is 28.5 Å². The van der Waals surface area contributed by atoms with Gasteiger partial charge in [0.1, 0.15) is 13.2 Å². The normalized spacial score (nSPS) is 13.7. The third kappa shape index (κ3) is 49.7. The number of hydrogen-bond donors (Lipinski definition) is 1. The Hall–Kier alpha value is -4.05.